The Morgan fingerprint density at radius 3 is 3.00 bits per heavy atom. The Morgan fingerprint density at radius 1 is 1.57 bits per heavy atom. The number of rotatable bonds is 4. The lowest BCUT2D eigenvalue weighted by atomic mass is 10.2. The lowest BCUT2D eigenvalue weighted by Crippen LogP contribution is -2.20. The summed E-state index contributed by atoms with van der Waals surface area (Å²) in [6, 6.07) is 7.71. The first-order chi connectivity index (χ1) is 6.76. The van der Waals surface area contributed by atoms with Crippen molar-refractivity contribution >= 4 is 5.84 Å². The summed E-state index contributed by atoms with van der Waals surface area (Å²) in [5.41, 5.74) is 6.46. The maximum atomic E-state index is 8.30. The third-order valence-electron chi connectivity index (χ3n) is 1.82. The van der Waals surface area contributed by atoms with Crippen molar-refractivity contribution < 1.29 is 9.94 Å². The van der Waals surface area contributed by atoms with Gasteiger partial charge in [0.2, 0.25) is 0 Å². The summed E-state index contributed by atoms with van der Waals surface area (Å²) in [6.07, 6.45) is 0.959. The normalized spacial score (nSPS) is 11.4. The van der Waals surface area contributed by atoms with Gasteiger partial charge in [0, 0.05) is 0 Å². The average molecular weight is 194 g/mol. The van der Waals surface area contributed by atoms with Gasteiger partial charge >= 0.3 is 0 Å². The number of nitrogens with two attached hydrogens (primary N) is 1. The van der Waals surface area contributed by atoms with Gasteiger partial charge in [0.05, 0.1) is 0 Å². The first kappa shape index (κ1) is 10.4. The maximum absolute atomic E-state index is 8.30. The summed E-state index contributed by atoms with van der Waals surface area (Å²) in [4.78, 5) is 0. The number of aryl methyl sites for hydroxylation is 1. The highest BCUT2D eigenvalue weighted by molar-refractivity contribution is 5.81. The first-order valence-corrected chi connectivity index (χ1v) is 4.44. The van der Waals surface area contributed by atoms with E-state index in [1.54, 1.807) is 0 Å². The molecule has 76 valence electrons. The molecule has 14 heavy (non-hydrogen) atoms. The van der Waals surface area contributed by atoms with E-state index >= 15 is 0 Å². The van der Waals surface area contributed by atoms with Crippen LogP contribution in [0.5, 0.6) is 5.75 Å². The Bertz CT molecular complexity index is 324. The zero-order chi connectivity index (χ0) is 10.4. The van der Waals surface area contributed by atoms with E-state index in [0.717, 1.165) is 12.2 Å². The van der Waals surface area contributed by atoms with Gasteiger partial charge in [0.15, 0.2) is 5.84 Å². The van der Waals surface area contributed by atoms with Crippen molar-refractivity contribution in [2.75, 3.05) is 6.61 Å². The van der Waals surface area contributed by atoms with Crippen LogP contribution in [0.3, 0.4) is 0 Å². The van der Waals surface area contributed by atoms with Crippen LogP contribution in [-0.2, 0) is 6.42 Å². The molecule has 4 heteroatoms. The quantitative estimate of drug-likeness (QED) is 0.329. The van der Waals surface area contributed by atoms with E-state index in [1.807, 2.05) is 24.3 Å². The zero-order valence-electron chi connectivity index (χ0n) is 8.10. The van der Waals surface area contributed by atoms with Crippen LogP contribution in [0.15, 0.2) is 29.4 Å². The molecule has 0 amide bonds. The Labute approximate surface area is 83.0 Å². The van der Waals surface area contributed by atoms with Crippen LogP contribution < -0.4 is 10.5 Å². The van der Waals surface area contributed by atoms with Crippen molar-refractivity contribution in [3.05, 3.63) is 29.8 Å². The highest BCUT2D eigenvalue weighted by Gasteiger charge is 1.97. The molecule has 0 aromatic heterocycles. The monoisotopic (exact) mass is 194 g/mol. The largest absolute Gasteiger partial charge is 0.486 e. The van der Waals surface area contributed by atoms with Crippen molar-refractivity contribution in [2.45, 2.75) is 13.3 Å². The van der Waals surface area contributed by atoms with Crippen molar-refractivity contribution in [1.82, 2.24) is 0 Å². The molecule has 0 saturated carbocycles. The topological polar surface area (TPSA) is 67.8 Å². The second-order valence-corrected chi connectivity index (χ2v) is 2.88. The highest BCUT2D eigenvalue weighted by Crippen LogP contribution is 2.13. The number of hydrogen-bond donors (Lipinski definition) is 2. The molecule has 0 aliphatic heterocycles. The van der Waals surface area contributed by atoms with Crippen molar-refractivity contribution in [3.63, 3.8) is 0 Å². The minimum Gasteiger partial charge on any atom is -0.486 e. The number of oxime groups is 1. The molecule has 0 heterocycles. The van der Waals surface area contributed by atoms with E-state index in [4.69, 9.17) is 15.7 Å². The minimum absolute atomic E-state index is 0.0619. The SMILES string of the molecule is CCc1cccc(OC/C(N)=N/O)c1. The van der Waals surface area contributed by atoms with E-state index < -0.39 is 0 Å². The number of ether oxygens (including phenoxy) is 1. The zero-order valence-corrected chi connectivity index (χ0v) is 8.10. The van der Waals surface area contributed by atoms with Gasteiger partial charge in [-0.05, 0) is 24.1 Å². The summed E-state index contributed by atoms with van der Waals surface area (Å²) < 4.78 is 5.29. The number of benzene rings is 1. The Kier molecular flexibility index (Phi) is 3.79. The lowest BCUT2D eigenvalue weighted by Gasteiger charge is -2.05. The van der Waals surface area contributed by atoms with Gasteiger partial charge in [-0.15, -0.1) is 0 Å². The summed E-state index contributed by atoms with van der Waals surface area (Å²) in [5, 5.41) is 11.1. The van der Waals surface area contributed by atoms with Gasteiger partial charge in [-0.2, -0.15) is 0 Å². The van der Waals surface area contributed by atoms with Crippen LogP contribution >= 0.6 is 0 Å². The van der Waals surface area contributed by atoms with E-state index in [1.165, 1.54) is 5.56 Å². The van der Waals surface area contributed by atoms with Crippen molar-refractivity contribution in [1.29, 1.82) is 0 Å². The molecule has 0 radical (unpaired) electrons. The second-order valence-electron chi connectivity index (χ2n) is 2.88. The third kappa shape index (κ3) is 2.97. The molecule has 3 N–H and O–H groups in total. The fourth-order valence-electron chi connectivity index (χ4n) is 1.04. The highest BCUT2D eigenvalue weighted by atomic mass is 16.5. The van der Waals surface area contributed by atoms with Gasteiger partial charge in [0.1, 0.15) is 12.4 Å². The van der Waals surface area contributed by atoms with Gasteiger partial charge < -0.3 is 15.7 Å². The maximum Gasteiger partial charge on any atom is 0.177 e. The van der Waals surface area contributed by atoms with E-state index in [-0.39, 0.29) is 12.4 Å². The average Bonchev–Trinajstić information content (AvgIpc) is 2.26. The van der Waals surface area contributed by atoms with Crippen molar-refractivity contribution in [2.24, 2.45) is 10.9 Å². The summed E-state index contributed by atoms with van der Waals surface area (Å²) in [6.45, 7) is 2.17. The van der Waals surface area contributed by atoms with Crippen LogP contribution in [0.1, 0.15) is 12.5 Å². The fourth-order valence-corrected chi connectivity index (χ4v) is 1.04. The van der Waals surface area contributed by atoms with Crippen LogP contribution in [0.2, 0.25) is 0 Å². The Morgan fingerprint density at radius 2 is 2.36 bits per heavy atom. The van der Waals surface area contributed by atoms with Crippen molar-refractivity contribution in [3.8, 4) is 5.75 Å². The van der Waals surface area contributed by atoms with Gasteiger partial charge in [-0.1, -0.05) is 24.2 Å². The molecule has 0 atom stereocenters. The van der Waals surface area contributed by atoms with Gasteiger partial charge in [-0.25, -0.2) is 0 Å². The van der Waals surface area contributed by atoms with Crippen LogP contribution in [0, 0.1) is 0 Å². The lowest BCUT2D eigenvalue weighted by molar-refractivity contribution is 0.306. The number of hydrogen-bond acceptors (Lipinski definition) is 3. The number of amidine groups is 1. The predicted molar refractivity (Wildman–Crippen MR) is 54.7 cm³/mol. The van der Waals surface area contributed by atoms with Crippen LogP contribution in [0.25, 0.3) is 0 Å². The smallest absolute Gasteiger partial charge is 0.177 e. The number of nitrogens with zero attached hydrogens (tertiary/aromatic N) is 1. The standard InChI is InChI=1S/C10H14N2O2/c1-2-8-4-3-5-9(6-8)14-7-10(11)12-13/h3-6,13H,2,7H2,1H3,(H2,11,12). The molecular formula is C10H14N2O2. The molecule has 1 rings (SSSR count). The van der Waals surface area contributed by atoms with Crippen LogP contribution in [-0.4, -0.2) is 17.6 Å². The summed E-state index contributed by atoms with van der Waals surface area (Å²) >= 11 is 0. The summed E-state index contributed by atoms with van der Waals surface area (Å²) in [5.74, 6) is 0.794. The third-order valence-corrected chi connectivity index (χ3v) is 1.82. The molecule has 1 aromatic carbocycles. The minimum atomic E-state index is 0.0619. The van der Waals surface area contributed by atoms with E-state index in [2.05, 4.69) is 12.1 Å². The second kappa shape index (κ2) is 5.11. The molecule has 1 aromatic rings. The predicted octanol–water partition coefficient (Wildman–Crippen LogP) is 1.37. The molecule has 0 unspecified atom stereocenters. The fraction of sp³-hybridized carbons (Fsp3) is 0.300. The van der Waals surface area contributed by atoms with E-state index in [0.29, 0.717) is 0 Å². The molecule has 0 spiro atoms. The van der Waals surface area contributed by atoms with Gasteiger partial charge in [-0.3, -0.25) is 0 Å². The Balaban J connectivity index is 2.58. The molecular weight excluding hydrogens is 180 g/mol. The molecule has 0 aliphatic carbocycles. The Hall–Kier alpha value is -1.71. The molecule has 0 aliphatic rings. The van der Waals surface area contributed by atoms with E-state index in [9.17, 15) is 0 Å². The molecule has 0 fully saturated rings. The first-order valence-electron chi connectivity index (χ1n) is 4.44. The molecule has 4 nitrogen and oxygen atoms in total. The van der Waals surface area contributed by atoms with Gasteiger partial charge in [0.25, 0.3) is 0 Å². The van der Waals surface area contributed by atoms with Crippen LogP contribution in [0.4, 0.5) is 0 Å². The summed E-state index contributed by atoms with van der Waals surface area (Å²) in [7, 11) is 0. The molecule has 0 saturated heterocycles. The molecule has 0 bridgehead atoms.